The topological polar surface area (TPSA) is 101 Å². The second kappa shape index (κ2) is 7.20. The lowest BCUT2D eigenvalue weighted by Crippen LogP contribution is -2.25. The third-order valence-corrected chi connectivity index (χ3v) is 3.68. The van der Waals surface area contributed by atoms with Crippen molar-refractivity contribution in [3.63, 3.8) is 0 Å². The lowest BCUT2D eigenvalue weighted by molar-refractivity contribution is -0.380. The molecule has 1 heterocycles. The predicted molar refractivity (Wildman–Crippen MR) is 86.5 cm³/mol. The van der Waals surface area contributed by atoms with E-state index in [9.17, 15) is 19.7 Å². The first kappa shape index (κ1) is 16.2. The second-order valence-corrected chi connectivity index (χ2v) is 5.21. The molecular formula is C15H11N3O4S. The van der Waals surface area contributed by atoms with Crippen LogP contribution in [0.5, 0.6) is 0 Å². The highest BCUT2D eigenvalue weighted by Crippen LogP contribution is 2.24. The fourth-order valence-corrected chi connectivity index (χ4v) is 2.45. The Kier molecular flexibility index (Phi) is 5.07. The summed E-state index contributed by atoms with van der Waals surface area (Å²) in [6.45, 7) is 0.0673. The van der Waals surface area contributed by atoms with E-state index >= 15 is 0 Å². The molecule has 8 heteroatoms. The summed E-state index contributed by atoms with van der Waals surface area (Å²) in [5.41, 5.74) is 0.697. The second-order valence-electron chi connectivity index (χ2n) is 4.32. The van der Waals surface area contributed by atoms with Crippen LogP contribution in [0.3, 0.4) is 0 Å². The molecule has 1 aromatic carbocycles. The van der Waals surface area contributed by atoms with Crippen molar-refractivity contribution < 1.29 is 14.5 Å². The van der Waals surface area contributed by atoms with Gasteiger partial charge in [0.2, 0.25) is 0 Å². The minimum atomic E-state index is -0.567. The number of hydrogen-bond acceptors (Lipinski definition) is 5. The Morgan fingerprint density at radius 3 is 2.70 bits per heavy atom. The number of para-hydroxylation sites is 1. The number of hydrogen-bond donors (Lipinski definition) is 2. The van der Waals surface area contributed by atoms with Crippen molar-refractivity contribution in [1.29, 1.82) is 0 Å². The molecule has 0 saturated heterocycles. The molecule has 2 rings (SSSR count). The zero-order valence-corrected chi connectivity index (χ0v) is 12.6. The summed E-state index contributed by atoms with van der Waals surface area (Å²) in [4.78, 5) is 34.2. The number of terminal acetylenes is 1. The molecule has 2 amide bonds. The van der Waals surface area contributed by atoms with Crippen molar-refractivity contribution in [2.24, 2.45) is 0 Å². The molecule has 0 atom stereocenters. The summed E-state index contributed by atoms with van der Waals surface area (Å²) >= 11 is 0.857. The van der Waals surface area contributed by atoms with Gasteiger partial charge in [-0.3, -0.25) is 19.7 Å². The van der Waals surface area contributed by atoms with E-state index in [1.165, 1.54) is 17.5 Å². The maximum atomic E-state index is 12.1. The maximum Gasteiger partial charge on any atom is 0.324 e. The number of nitrogens with one attached hydrogen (secondary N) is 2. The smallest absolute Gasteiger partial charge is 0.324 e. The van der Waals surface area contributed by atoms with E-state index in [1.807, 2.05) is 0 Å². The zero-order chi connectivity index (χ0) is 16.8. The Bertz CT molecular complexity index is 807. The molecule has 0 aliphatic rings. The number of carbonyl (C=O) groups excluding carboxylic acids is 2. The fourth-order valence-electron chi connectivity index (χ4n) is 1.75. The van der Waals surface area contributed by atoms with Crippen LogP contribution in [0, 0.1) is 22.5 Å². The highest BCUT2D eigenvalue weighted by Gasteiger charge is 2.17. The number of thiophene rings is 1. The third kappa shape index (κ3) is 3.93. The first-order valence-corrected chi connectivity index (χ1v) is 7.26. The molecule has 0 bridgehead atoms. The molecule has 0 aliphatic carbocycles. The quantitative estimate of drug-likeness (QED) is 0.499. The van der Waals surface area contributed by atoms with Crippen molar-refractivity contribution in [2.75, 3.05) is 11.9 Å². The van der Waals surface area contributed by atoms with E-state index in [0.29, 0.717) is 5.69 Å². The average molecular weight is 329 g/mol. The monoisotopic (exact) mass is 329 g/mol. The van der Waals surface area contributed by atoms with Crippen LogP contribution < -0.4 is 10.6 Å². The Hall–Kier alpha value is -3.18. The van der Waals surface area contributed by atoms with Gasteiger partial charge >= 0.3 is 5.00 Å². The number of nitrogens with zero attached hydrogens (tertiary/aromatic N) is 1. The molecule has 2 aromatic rings. The SMILES string of the molecule is C#CCNC(=O)c1ccccc1NC(=O)c1csc([N+](=O)[O-])c1. The van der Waals surface area contributed by atoms with Crippen molar-refractivity contribution in [3.8, 4) is 12.3 Å². The van der Waals surface area contributed by atoms with E-state index in [4.69, 9.17) is 6.42 Å². The number of nitro groups is 1. The van der Waals surface area contributed by atoms with Crippen molar-refractivity contribution in [1.82, 2.24) is 5.32 Å². The van der Waals surface area contributed by atoms with Gasteiger partial charge in [-0.1, -0.05) is 29.4 Å². The number of carbonyl (C=O) groups is 2. The minimum Gasteiger partial charge on any atom is -0.341 e. The molecular weight excluding hydrogens is 318 g/mol. The van der Waals surface area contributed by atoms with Crippen LogP contribution in [0.15, 0.2) is 35.7 Å². The van der Waals surface area contributed by atoms with Crippen LogP contribution in [0.25, 0.3) is 0 Å². The summed E-state index contributed by atoms with van der Waals surface area (Å²) in [5, 5.41) is 17.0. The molecule has 2 N–H and O–H groups in total. The Morgan fingerprint density at radius 1 is 1.30 bits per heavy atom. The molecule has 0 radical (unpaired) electrons. The van der Waals surface area contributed by atoms with E-state index in [2.05, 4.69) is 16.6 Å². The first-order valence-electron chi connectivity index (χ1n) is 6.38. The van der Waals surface area contributed by atoms with Crippen molar-refractivity contribution in [2.45, 2.75) is 0 Å². The Morgan fingerprint density at radius 2 is 2.04 bits per heavy atom. The van der Waals surface area contributed by atoms with Gasteiger partial charge in [-0.2, -0.15) is 0 Å². The predicted octanol–water partition coefficient (Wildman–Crippen LogP) is 2.27. The number of benzene rings is 1. The largest absolute Gasteiger partial charge is 0.341 e. The number of amides is 2. The van der Waals surface area contributed by atoms with E-state index in [0.717, 1.165) is 11.3 Å². The van der Waals surface area contributed by atoms with Crippen LogP contribution in [0.2, 0.25) is 0 Å². The van der Waals surface area contributed by atoms with E-state index in [-0.39, 0.29) is 22.7 Å². The molecule has 7 nitrogen and oxygen atoms in total. The highest BCUT2D eigenvalue weighted by molar-refractivity contribution is 7.13. The molecule has 0 saturated carbocycles. The van der Waals surface area contributed by atoms with Gasteiger partial charge in [0, 0.05) is 11.4 Å². The van der Waals surface area contributed by atoms with Crippen LogP contribution >= 0.6 is 11.3 Å². The molecule has 0 unspecified atom stereocenters. The minimum absolute atomic E-state index is 0.0673. The first-order chi connectivity index (χ1) is 11.0. The van der Waals surface area contributed by atoms with Crippen LogP contribution in [-0.2, 0) is 0 Å². The molecule has 1 aromatic heterocycles. The van der Waals surface area contributed by atoms with Gasteiger partial charge in [0.15, 0.2) is 0 Å². The van der Waals surface area contributed by atoms with Gasteiger partial charge in [0.05, 0.1) is 28.3 Å². The lowest BCUT2D eigenvalue weighted by atomic mass is 10.1. The summed E-state index contributed by atoms with van der Waals surface area (Å²) in [7, 11) is 0. The number of anilines is 1. The van der Waals surface area contributed by atoms with Crippen LogP contribution in [0.1, 0.15) is 20.7 Å². The summed E-state index contributed by atoms with van der Waals surface area (Å²) < 4.78 is 0. The third-order valence-electron chi connectivity index (χ3n) is 2.80. The van der Waals surface area contributed by atoms with E-state index < -0.39 is 16.7 Å². The summed E-state index contributed by atoms with van der Waals surface area (Å²) in [5.74, 6) is 1.33. The van der Waals surface area contributed by atoms with Gasteiger partial charge in [-0.05, 0) is 12.1 Å². The molecule has 23 heavy (non-hydrogen) atoms. The van der Waals surface area contributed by atoms with Gasteiger partial charge in [-0.25, -0.2) is 0 Å². The summed E-state index contributed by atoms with van der Waals surface area (Å²) in [6, 6.07) is 7.58. The van der Waals surface area contributed by atoms with Crippen molar-refractivity contribution in [3.05, 3.63) is 57.0 Å². The van der Waals surface area contributed by atoms with Crippen LogP contribution in [-0.4, -0.2) is 23.3 Å². The normalized spacial score (nSPS) is 9.70. The standard InChI is InChI=1S/C15H11N3O4S/c1-2-7-16-15(20)11-5-3-4-6-12(11)17-14(19)10-8-13(18(21)22)23-9-10/h1,3-6,8-9H,7H2,(H,16,20)(H,17,19). The number of rotatable bonds is 5. The van der Waals surface area contributed by atoms with E-state index in [1.54, 1.807) is 18.2 Å². The molecule has 116 valence electrons. The van der Waals surface area contributed by atoms with Gasteiger partial charge in [0.1, 0.15) is 0 Å². The van der Waals surface area contributed by atoms with Gasteiger partial charge < -0.3 is 10.6 Å². The lowest BCUT2D eigenvalue weighted by Gasteiger charge is -2.09. The van der Waals surface area contributed by atoms with Gasteiger partial charge in [0.25, 0.3) is 11.8 Å². The maximum absolute atomic E-state index is 12.1. The zero-order valence-electron chi connectivity index (χ0n) is 11.7. The van der Waals surface area contributed by atoms with Gasteiger partial charge in [-0.15, -0.1) is 6.42 Å². The molecule has 0 fully saturated rings. The molecule has 0 spiro atoms. The summed E-state index contributed by atoms with van der Waals surface area (Å²) in [6.07, 6.45) is 5.09. The van der Waals surface area contributed by atoms with Crippen LogP contribution in [0.4, 0.5) is 10.7 Å². The Balaban J connectivity index is 2.19. The average Bonchev–Trinajstić information content (AvgIpc) is 3.03. The molecule has 0 aliphatic heterocycles. The fraction of sp³-hybridized carbons (Fsp3) is 0.0667. The highest BCUT2D eigenvalue weighted by atomic mass is 32.1. The van der Waals surface area contributed by atoms with Crippen molar-refractivity contribution >= 4 is 33.8 Å². The Labute approximate surface area is 135 Å².